The van der Waals surface area contributed by atoms with E-state index >= 15 is 0 Å². The monoisotopic (exact) mass is 350 g/mol. The van der Waals surface area contributed by atoms with Gasteiger partial charge in [-0.15, -0.1) is 0 Å². The molecule has 2 rings (SSSR count). The van der Waals surface area contributed by atoms with E-state index in [1.165, 1.54) is 0 Å². The maximum Gasteiger partial charge on any atom is 0.222 e. The van der Waals surface area contributed by atoms with Crippen molar-refractivity contribution in [3.8, 4) is 0 Å². The largest absolute Gasteiger partial charge is 0.353 e. The molecule has 0 radical (unpaired) electrons. The molecule has 5 heteroatoms. The SMILES string of the molecule is CCCCC(=O)N1CCC(NC(=O)CCc2ccc(Cl)cc2)CC1. The van der Waals surface area contributed by atoms with Crippen molar-refractivity contribution in [1.29, 1.82) is 0 Å². The molecule has 1 aromatic rings. The molecule has 2 amide bonds. The molecular weight excluding hydrogens is 324 g/mol. The minimum Gasteiger partial charge on any atom is -0.353 e. The van der Waals surface area contributed by atoms with Gasteiger partial charge in [-0.3, -0.25) is 9.59 Å². The van der Waals surface area contributed by atoms with Gasteiger partial charge in [0.05, 0.1) is 0 Å². The van der Waals surface area contributed by atoms with Gasteiger partial charge in [0.1, 0.15) is 0 Å². The van der Waals surface area contributed by atoms with E-state index in [4.69, 9.17) is 11.6 Å². The molecule has 0 aliphatic carbocycles. The number of amides is 2. The molecule has 1 aliphatic heterocycles. The molecule has 1 heterocycles. The van der Waals surface area contributed by atoms with Crippen LogP contribution in [0.15, 0.2) is 24.3 Å². The molecule has 1 saturated heterocycles. The highest BCUT2D eigenvalue weighted by Gasteiger charge is 2.23. The highest BCUT2D eigenvalue weighted by Crippen LogP contribution is 2.14. The van der Waals surface area contributed by atoms with Gasteiger partial charge < -0.3 is 10.2 Å². The van der Waals surface area contributed by atoms with E-state index in [1.54, 1.807) is 0 Å². The molecule has 1 aliphatic rings. The first kappa shape index (κ1) is 18.8. The summed E-state index contributed by atoms with van der Waals surface area (Å²) in [5.74, 6) is 0.338. The number of nitrogens with zero attached hydrogens (tertiary/aromatic N) is 1. The molecule has 0 spiro atoms. The lowest BCUT2D eigenvalue weighted by molar-refractivity contribution is -0.132. The van der Waals surface area contributed by atoms with Crippen molar-refractivity contribution in [2.75, 3.05) is 13.1 Å². The van der Waals surface area contributed by atoms with Crippen LogP contribution in [0.2, 0.25) is 5.02 Å². The van der Waals surface area contributed by atoms with Crippen LogP contribution >= 0.6 is 11.6 Å². The lowest BCUT2D eigenvalue weighted by atomic mass is 10.0. The van der Waals surface area contributed by atoms with Gasteiger partial charge in [-0.05, 0) is 43.4 Å². The van der Waals surface area contributed by atoms with E-state index in [1.807, 2.05) is 29.2 Å². The van der Waals surface area contributed by atoms with Gasteiger partial charge in [-0.25, -0.2) is 0 Å². The van der Waals surface area contributed by atoms with E-state index in [0.29, 0.717) is 17.9 Å². The number of carbonyl (C=O) groups is 2. The maximum atomic E-state index is 12.1. The van der Waals surface area contributed by atoms with Crippen molar-refractivity contribution in [1.82, 2.24) is 10.2 Å². The molecule has 0 aromatic heterocycles. The minimum absolute atomic E-state index is 0.0840. The molecule has 0 saturated carbocycles. The van der Waals surface area contributed by atoms with Gasteiger partial charge in [0.25, 0.3) is 0 Å². The Balaban J connectivity index is 1.66. The second-order valence-electron chi connectivity index (χ2n) is 6.45. The fourth-order valence-electron chi connectivity index (χ4n) is 2.97. The fourth-order valence-corrected chi connectivity index (χ4v) is 3.09. The van der Waals surface area contributed by atoms with Crippen LogP contribution in [0.1, 0.15) is 51.0 Å². The van der Waals surface area contributed by atoms with Crippen molar-refractivity contribution in [2.45, 2.75) is 57.9 Å². The van der Waals surface area contributed by atoms with E-state index in [2.05, 4.69) is 12.2 Å². The van der Waals surface area contributed by atoms with Gasteiger partial charge >= 0.3 is 0 Å². The maximum absolute atomic E-state index is 12.1. The molecule has 132 valence electrons. The van der Waals surface area contributed by atoms with Crippen LogP contribution in [-0.2, 0) is 16.0 Å². The molecule has 1 N–H and O–H groups in total. The number of unbranched alkanes of at least 4 members (excludes halogenated alkanes) is 1. The number of nitrogens with one attached hydrogen (secondary N) is 1. The standard InChI is InChI=1S/C19H27ClN2O2/c1-2-3-4-19(24)22-13-11-17(12-14-22)21-18(23)10-7-15-5-8-16(20)9-6-15/h5-6,8-9,17H,2-4,7,10-14H2,1H3,(H,21,23). The first-order chi connectivity index (χ1) is 11.6. The van der Waals surface area contributed by atoms with Gasteiger partial charge in [-0.2, -0.15) is 0 Å². The zero-order valence-electron chi connectivity index (χ0n) is 14.4. The third-order valence-electron chi connectivity index (χ3n) is 4.51. The second-order valence-corrected chi connectivity index (χ2v) is 6.89. The Morgan fingerprint density at radius 1 is 1.17 bits per heavy atom. The highest BCUT2D eigenvalue weighted by molar-refractivity contribution is 6.30. The summed E-state index contributed by atoms with van der Waals surface area (Å²) in [6.07, 6.45) is 5.56. The zero-order chi connectivity index (χ0) is 17.4. The number of hydrogen-bond acceptors (Lipinski definition) is 2. The Kier molecular flexibility index (Phi) is 7.57. The van der Waals surface area contributed by atoms with Crippen LogP contribution in [0.4, 0.5) is 0 Å². The first-order valence-electron chi connectivity index (χ1n) is 8.90. The molecular formula is C19H27ClN2O2. The van der Waals surface area contributed by atoms with Gasteiger partial charge in [-0.1, -0.05) is 37.1 Å². The van der Waals surface area contributed by atoms with Crippen molar-refractivity contribution >= 4 is 23.4 Å². The number of carbonyl (C=O) groups excluding carboxylic acids is 2. The fraction of sp³-hybridized carbons (Fsp3) is 0.579. The predicted octanol–water partition coefficient (Wildman–Crippen LogP) is 3.57. The average molecular weight is 351 g/mol. The number of benzene rings is 1. The number of piperidine rings is 1. The molecule has 1 aromatic carbocycles. The molecule has 1 fully saturated rings. The molecule has 24 heavy (non-hydrogen) atoms. The summed E-state index contributed by atoms with van der Waals surface area (Å²) in [5.41, 5.74) is 1.12. The Labute approximate surface area is 149 Å². The molecule has 0 bridgehead atoms. The lowest BCUT2D eigenvalue weighted by Gasteiger charge is -2.32. The molecule has 0 atom stereocenters. The van der Waals surface area contributed by atoms with E-state index < -0.39 is 0 Å². The van der Waals surface area contributed by atoms with E-state index in [0.717, 1.165) is 50.8 Å². The number of hydrogen-bond donors (Lipinski definition) is 1. The van der Waals surface area contributed by atoms with Crippen LogP contribution in [0.25, 0.3) is 0 Å². The van der Waals surface area contributed by atoms with E-state index in [9.17, 15) is 9.59 Å². The second kappa shape index (κ2) is 9.67. The Morgan fingerprint density at radius 2 is 1.83 bits per heavy atom. The van der Waals surface area contributed by atoms with Crippen molar-refractivity contribution in [3.63, 3.8) is 0 Å². The Morgan fingerprint density at radius 3 is 2.46 bits per heavy atom. The summed E-state index contributed by atoms with van der Waals surface area (Å²) in [7, 11) is 0. The number of aryl methyl sites for hydroxylation is 1. The average Bonchev–Trinajstić information content (AvgIpc) is 2.60. The van der Waals surface area contributed by atoms with Crippen LogP contribution in [0, 0.1) is 0 Å². The normalized spacial score (nSPS) is 15.3. The Bertz CT molecular complexity index is 537. The van der Waals surface area contributed by atoms with Crippen LogP contribution < -0.4 is 5.32 Å². The number of likely N-dealkylation sites (tertiary alicyclic amines) is 1. The smallest absolute Gasteiger partial charge is 0.222 e. The van der Waals surface area contributed by atoms with Crippen molar-refractivity contribution in [3.05, 3.63) is 34.9 Å². The first-order valence-corrected chi connectivity index (χ1v) is 9.28. The predicted molar refractivity (Wildman–Crippen MR) is 97.0 cm³/mol. The van der Waals surface area contributed by atoms with Gasteiger partial charge in [0, 0.05) is 37.0 Å². The van der Waals surface area contributed by atoms with Crippen molar-refractivity contribution in [2.24, 2.45) is 0 Å². The lowest BCUT2D eigenvalue weighted by Crippen LogP contribution is -2.46. The van der Waals surface area contributed by atoms with Crippen LogP contribution in [0.3, 0.4) is 0 Å². The highest BCUT2D eigenvalue weighted by atomic mass is 35.5. The van der Waals surface area contributed by atoms with Crippen LogP contribution in [0.5, 0.6) is 0 Å². The third-order valence-corrected chi connectivity index (χ3v) is 4.76. The zero-order valence-corrected chi connectivity index (χ0v) is 15.1. The number of rotatable bonds is 7. The quantitative estimate of drug-likeness (QED) is 0.817. The molecule has 4 nitrogen and oxygen atoms in total. The number of halogens is 1. The Hall–Kier alpha value is -1.55. The minimum atomic E-state index is 0.0840. The van der Waals surface area contributed by atoms with Crippen molar-refractivity contribution < 1.29 is 9.59 Å². The third kappa shape index (κ3) is 6.16. The van der Waals surface area contributed by atoms with E-state index in [-0.39, 0.29) is 17.9 Å². The summed E-state index contributed by atoms with van der Waals surface area (Å²) in [5, 5.41) is 3.81. The summed E-state index contributed by atoms with van der Waals surface area (Å²) >= 11 is 5.86. The summed E-state index contributed by atoms with van der Waals surface area (Å²) < 4.78 is 0. The summed E-state index contributed by atoms with van der Waals surface area (Å²) in [6.45, 7) is 3.61. The van der Waals surface area contributed by atoms with Gasteiger partial charge in [0.2, 0.25) is 11.8 Å². The topological polar surface area (TPSA) is 49.4 Å². The van der Waals surface area contributed by atoms with Gasteiger partial charge in [0.15, 0.2) is 0 Å². The van der Waals surface area contributed by atoms with Crippen LogP contribution in [-0.4, -0.2) is 35.8 Å². The summed E-state index contributed by atoms with van der Waals surface area (Å²) in [6, 6.07) is 7.80. The molecule has 0 unspecified atom stereocenters. The summed E-state index contributed by atoms with van der Waals surface area (Å²) in [4.78, 5) is 26.0.